The van der Waals surface area contributed by atoms with Crippen LogP contribution < -0.4 is 0 Å². The highest BCUT2D eigenvalue weighted by molar-refractivity contribution is 5.69. The minimum absolute atomic E-state index is 0.0981. The zero-order valence-electron chi connectivity index (χ0n) is 41.2. The largest absolute Gasteiger partial charge is 0.465 e. The van der Waals surface area contributed by atoms with Crippen molar-refractivity contribution in [1.29, 1.82) is 0 Å². The van der Waals surface area contributed by atoms with Gasteiger partial charge in [0.05, 0.1) is 26.4 Å². The van der Waals surface area contributed by atoms with Crippen molar-refractivity contribution >= 4 is 11.9 Å². The van der Waals surface area contributed by atoms with Crippen molar-refractivity contribution in [3.8, 4) is 0 Å². The Labute approximate surface area is 384 Å². The predicted octanol–water partition coefficient (Wildman–Crippen LogP) is 10.6. The number of hydrogen-bond acceptors (Lipinski definition) is 12. The van der Waals surface area contributed by atoms with Crippen LogP contribution in [-0.2, 0) is 47.7 Å². The molecule has 2 unspecified atom stereocenters. The molecule has 4 heterocycles. The summed E-state index contributed by atoms with van der Waals surface area (Å²) in [6.07, 6.45) is 6.10. The molecule has 4 aliphatic heterocycles. The van der Waals surface area contributed by atoms with Gasteiger partial charge in [0.1, 0.15) is 25.4 Å². The number of unbranched alkanes of at least 4 members (excludes halogenated alkanes) is 3. The Morgan fingerprint density at radius 1 is 0.500 bits per heavy atom. The van der Waals surface area contributed by atoms with Gasteiger partial charge < -0.3 is 28.4 Å². The first kappa shape index (κ1) is 50.5. The van der Waals surface area contributed by atoms with E-state index >= 15 is 0 Å². The Morgan fingerprint density at radius 2 is 0.797 bits per heavy atom. The number of rotatable bonds is 17. The molecule has 12 nitrogen and oxygen atoms in total. The van der Waals surface area contributed by atoms with Crippen LogP contribution in [0.25, 0.3) is 0 Å². The molecule has 0 radical (unpaired) electrons. The fourth-order valence-corrected chi connectivity index (χ4v) is 10.7. The highest BCUT2D eigenvalue weighted by Gasteiger charge is 2.59. The van der Waals surface area contributed by atoms with Gasteiger partial charge in [-0.1, -0.05) is 87.4 Å². The van der Waals surface area contributed by atoms with Crippen molar-refractivity contribution in [3.63, 3.8) is 0 Å². The number of nitrogens with zero attached hydrogens (tertiary/aromatic N) is 2. The Hall–Kier alpha value is -2.94. The number of carbonyl (C=O) groups is 2. The summed E-state index contributed by atoms with van der Waals surface area (Å²) in [6.45, 7) is 27.9. The summed E-state index contributed by atoms with van der Waals surface area (Å²) in [7, 11) is 0. The first-order chi connectivity index (χ1) is 29.9. The number of ether oxygens (including phenoxy) is 6. The number of piperidine rings is 2. The van der Waals surface area contributed by atoms with Crippen molar-refractivity contribution in [2.75, 3.05) is 39.6 Å². The number of hydroxylamine groups is 4. The predicted molar refractivity (Wildman–Crippen MR) is 245 cm³/mol. The van der Waals surface area contributed by atoms with E-state index in [0.29, 0.717) is 77.8 Å². The zero-order chi connectivity index (χ0) is 46.7. The van der Waals surface area contributed by atoms with Crippen molar-refractivity contribution in [3.05, 3.63) is 71.8 Å². The third kappa shape index (κ3) is 12.5. The van der Waals surface area contributed by atoms with Crippen molar-refractivity contribution < 1.29 is 47.7 Å². The molecule has 4 saturated heterocycles. The van der Waals surface area contributed by atoms with Gasteiger partial charge in [0.25, 0.3) is 0 Å². The molecule has 0 N–H and O–H groups in total. The summed E-state index contributed by atoms with van der Waals surface area (Å²) in [5.74, 6) is -1.94. The van der Waals surface area contributed by atoms with E-state index in [9.17, 15) is 9.59 Å². The van der Waals surface area contributed by atoms with E-state index in [2.05, 4.69) is 104 Å². The Bertz CT molecular complexity index is 1660. The first-order valence-corrected chi connectivity index (χ1v) is 23.8. The lowest BCUT2D eigenvalue weighted by atomic mass is 9.77. The first-order valence-electron chi connectivity index (χ1n) is 23.8. The second-order valence-electron chi connectivity index (χ2n) is 22.7. The Balaban J connectivity index is 0.838. The molecule has 358 valence electrons. The van der Waals surface area contributed by atoms with Crippen molar-refractivity contribution in [2.45, 2.75) is 193 Å². The van der Waals surface area contributed by atoms with Crippen LogP contribution in [0.1, 0.15) is 171 Å². The van der Waals surface area contributed by atoms with Gasteiger partial charge in [-0.3, -0.25) is 19.3 Å². The van der Waals surface area contributed by atoms with Gasteiger partial charge in [-0.2, -0.15) is 10.1 Å². The third-order valence-corrected chi connectivity index (χ3v) is 13.5. The van der Waals surface area contributed by atoms with E-state index in [0.717, 1.165) is 24.0 Å². The fraction of sp³-hybridized carbons (Fsp3) is 0.731. The molecule has 0 aliphatic carbocycles. The smallest absolute Gasteiger partial charge is 0.305 e. The summed E-state index contributed by atoms with van der Waals surface area (Å²) in [4.78, 5) is 38.8. The maximum absolute atomic E-state index is 12.8. The van der Waals surface area contributed by atoms with Crippen LogP contribution in [0.2, 0.25) is 0 Å². The average molecular weight is 893 g/mol. The maximum Gasteiger partial charge on any atom is 0.305 e. The molecule has 2 aromatic rings. The molecule has 4 aliphatic rings. The normalized spacial score (nSPS) is 25.0. The molecule has 0 aromatic heterocycles. The second-order valence-corrected chi connectivity index (χ2v) is 22.7. The van der Waals surface area contributed by atoms with Gasteiger partial charge in [0, 0.05) is 71.5 Å². The lowest BCUT2D eigenvalue weighted by Crippen LogP contribution is -2.68. The van der Waals surface area contributed by atoms with Crippen molar-refractivity contribution in [1.82, 2.24) is 10.1 Å². The Kier molecular flexibility index (Phi) is 15.6. The molecule has 2 aromatic carbocycles. The summed E-state index contributed by atoms with van der Waals surface area (Å²) >= 11 is 0. The van der Waals surface area contributed by atoms with Crippen LogP contribution in [0, 0.1) is 10.8 Å². The topological polar surface area (TPSA) is 114 Å². The Morgan fingerprint density at radius 3 is 1.09 bits per heavy atom. The molecular formula is C52H80N2O10. The molecule has 6 rings (SSSR count). The minimum Gasteiger partial charge on any atom is -0.465 e. The van der Waals surface area contributed by atoms with Crippen LogP contribution in [-0.4, -0.2) is 95.4 Å². The molecule has 2 atom stereocenters. The summed E-state index contributed by atoms with van der Waals surface area (Å²) < 4.78 is 37.8. The third-order valence-electron chi connectivity index (χ3n) is 13.5. The van der Waals surface area contributed by atoms with Gasteiger partial charge in [-0.05, 0) is 93.2 Å². The number of hydrogen-bond donors (Lipinski definition) is 0. The van der Waals surface area contributed by atoms with Crippen molar-refractivity contribution in [2.24, 2.45) is 10.8 Å². The molecule has 64 heavy (non-hydrogen) atoms. The van der Waals surface area contributed by atoms with E-state index in [1.165, 1.54) is 0 Å². The number of carbonyl (C=O) groups excluding carboxylic acids is 2. The highest BCUT2D eigenvalue weighted by Crippen LogP contribution is 2.51. The van der Waals surface area contributed by atoms with Gasteiger partial charge in [0.15, 0.2) is 11.6 Å². The summed E-state index contributed by atoms with van der Waals surface area (Å²) in [5.41, 5.74) is -0.0621. The van der Waals surface area contributed by atoms with Gasteiger partial charge in [0.2, 0.25) is 0 Å². The molecule has 12 heteroatoms. The number of benzene rings is 2. The van der Waals surface area contributed by atoms with Crippen LogP contribution in [0.3, 0.4) is 0 Å². The molecule has 0 bridgehead atoms. The van der Waals surface area contributed by atoms with E-state index in [1.807, 2.05) is 50.2 Å². The van der Waals surface area contributed by atoms with E-state index < -0.39 is 22.4 Å². The molecule has 0 amide bonds. The van der Waals surface area contributed by atoms with E-state index in [1.54, 1.807) is 0 Å². The maximum atomic E-state index is 12.8. The standard InChI is InChI=1S/C52H80N2O10/c1-39(41-23-17-15-18-24-41)63-53-45(3,4)29-51(30-46(53,5)6)59-35-49(11,36-60-51)33-57-43(55)27-21-13-14-22-28-44(56)58-34-50(12)37-61-52(62-38-50)31-47(7,8)54(48(9,10)32-52)64-40(2)42-25-19-16-20-26-42/h15-20,23-26,39-40H,13-14,21-22,27-38H2,1-12H3. The van der Waals surface area contributed by atoms with Crippen LogP contribution >= 0.6 is 0 Å². The van der Waals surface area contributed by atoms with E-state index in [4.69, 9.17) is 38.1 Å². The van der Waals surface area contributed by atoms with Crippen LogP contribution in [0.4, 0.5) is 0 Å². The number of esters is 2. The molecule has 4 fully saturated rings. The SMILES string of the molecule is CC(ON1C(C)(C)CC2(CC1(C)C)OCC(C)(COC(=O)CCCCCCC(=O)OCC1(C)COC3(CC(C)(C)N(OC(C)c4ccccc4)C(C)(C)C3)OC1)CO2)c1ccccc1. The molecule has 2 spiro atoms. The molecule has 0 saturated carbocycles. The average Bonchev–Trinajstić information content (AvgIpc) is 3.23. The van der Waals surface area contributed by atoms with Gasteiger partial charge in [-0.25, -0.2) is 0 Å². The lowest BCUT2D eigenvalue weighted by Gasteiger charge is -2.59. The zero-order valence-corrected chi connectivity index (χ0v) is 41.2. The quantitative estimate of drug-likeness (QED) is 0.111. The van der Waals surface area contributed by atoms with Crippen LogP contribution in [0.5, 0.6) is 0 Å². The van der Waals surface area contributed by atoms with Gasteiger partial charge >= 0.3 is 11.9 Å². The van der Waals surface area contributed by atoms with Crippen LogP contribution in [0.15, 0.2) is 60.7 Å². The lowest BCUT2D eigenvalue weighted by molar-refractivity contribution is -0.390. The van der Waals surface area contributed by atoms with E-state index in [-0.39, 0.29) is 59.5 Å². The summed E-state index contributed by atoms with van der Waals surface area (Å²) in [6, 6.07) is 20.5. The highest BCUT2D eigenvalue weighted by atomic mass is 16.7. The van der Waals surface area contributed by atoms with Gasteiger partial charge in [-0.15, -0.1) is 0 Å². The molecular weight excluding hydrogens is 813 g/mol. The summed E-state index contributed by atoms with van der Waals surface area (Å²) in [5, 5.41) is 4.26. The second kappa shape index (κ2) is 19.7. The monoisotopic (exact) mass is 893 g/mol. The minimum atomic E-state index is -0.745. The fourth-order valence-electron chi connectivity index (χ4n) is 10.7.